The Morgan fingerprint density at radius 1 is 1.37 bits per heavy atom. The minimum absolute atomic E-state index is 0.175. The molecular formula is C13H15Cl2N3S. The molecule has 1 N–H and O–H groups in total. The molecule has 0 aliphatic heterocycles. The maximum Gasteiger partial charge on any atom is 0.0801 e. The predicted octanol–water partition coefficient (Wildman–Crippen LogP) is 3.91. The number of aryl methyl sites for hydroxylation is 1. The van der Waals surface area contributed by atoms with Crippen LogP contribution in [-0.4, -0.2) is 16.6 Å². The Labute approximate surface area is 127 Å². The van der Waals surface area contributed by atoms with E-state index in [9.17, 15) is 0 Å². The maximum absolute atomic E-state index is 6.23. The van der Waals surface area contributed by atoms with Gasteiger partial charge in [-0.05, 0) is 49.1 Å². The first kappa shape index (κ1) is 14.7. The van der Waals surface area contributed by atoms with E-state index in [1.807, 2.05) is 19.2 Å². The van der Waals surface area contributed by atoms with Gasteiger partial charge in [0, 0.05) is 16.1 Å². The molecule has 2 aromatic rings. The minimum Gasteiger partial charge on any atom is -0.312 e. The Hall–Kier alpha value is -0.680. The van der Waals surface area contributed by atoms with Crippen molar-refractivity contribution in [3.63, 3.8) is 0 Å². The van der Waals surface area contributed by atoms with Crippen LogP contribution in [0.15, 0.2) is 18.2 Å². The monoisotopic (exact) mass is 315 g/mol. The summed E-state index contributed by atoms with van der Waals surface area (Å²) in [4.78, 5) is 1.18. The molecule has 0 aliphatic carbocycles. The van der Waals surface area contributed by atoms with Crippen LogP contribution in [0.3, 0.4) is 0 Å². The maximum atomic E-state index is 6.23. The van der Waals surface area contributed by atoms with Gasteiger partial charge in [-0.1, -0.05) is 40.7 Å². The number of hydrogen-bond donors (Lipinski definition) is 1. The standard InChI is InChI=1S/C13H15Cl2N3S/c1-3-11-13(19-18-17-11)12(16-2)6-8-4-5-9(14)7-10(8)15/h4-5,7,12,16H,3,6H2,1-2H3. The van der Waals surface area contributed by atoms with Gasteiger partial charge in [0.05, 0.1) is 10.6 Å². The van der Waals surface area contributed by atoms with Crippen molar-refractivity contribution in [3.05, 3.63) is 44.4 Å². The lowest BCUT2D eigenvalue weighted by atomic mass is 10.0. The first-order valence-electron chi connectivity index (χ1n) is 6.08. The molecule has 1 unspecified atom stereocenters. The van der Waals surface area contributed by atoms with E-state index in [-0.39, 0.29) is 6.04 Å². The van der Waals surface area contributed by atoms with Gasteiger partial charge in [0.1, 0.15) is 0 Å². The number of nitrogens with zero attached hydrogens (tertiary/aromatic N) is 2. The highest BCUT2D eigenvalue weighted by Gasteiger charge is 2.18. The van der Waals surface area contributed by atoms with Gasteiger partial charge < -0.3 is 5.32 Å². The lowest BCUT2D eigenvalue weighted by Crippen LogP contribution is -2.19. The Morgan fingerprint density at radius 2 is 2.16 bits per heavy atom. The molecule has 102 valence electrons. The summed E-state index contributed by atoms with van der Waals surface area (Å²) in [6.07, 6.45) is 1.68. The van der Waals surface area contributed by atoms with E-state index in [1.54, 1.807) is 6.07 Å². The van der Waals surface area contributed by atoms with Crippen molar-refractivity contribution < 1.29 is 0 Å². The first-order chi connectivity index (χ1) is 9.15. The first-order valence-corrected chi connectivity index (χ1v) is 7.61. The van der Waals surface area contributed by atoms with E-state index < -0.39 is 0 Å². The van der Waals surface area contributed by atoms with Crippen molar-refractivity contribution >= 4 is 34.7 Å². The average Bonchev–Trinajstić information content (AvgIpc) is 2.86. The van der Waals surface area contributed by atoms with E-state index >= 15 is 0 Å². The third-order valence-corrected chi connectivity index (χ3v) is 4.49. The molecule has 19 heavy (non-hydrogen) atoms. The fourth-order valence-electron chi connectivity index (χ4n) is 1.96. The summed E-state index contributed by atoms with van der Waals surface area (Å²) in [5.41, 5.74) is 2.12. The molecule has 1 aromatic heterocycles. The van der Waals surface area contributed by atoms with Crippen LogP contribution in [0, 0.1) is 0 Å². The minimum atomic E-state index is 0.175. The molecule has 3 nitrogen and oxygen atoms in total. The third-order valence-electron chi connectivity index (χ3n) is 3.02. The number of likely N-dealkylation sites (N-methyl/N-ethyl adjacent to an activating group) is 1. The molecule has 1 aromatic carbocycles. The topological polar surface area (TPSA) is 37.8 Å². The molecule has 1 heterocycles. The molecule has 0 saturated carbocycles. The van der Waals surface area contributed by atoms with E-state index in [2.05, 4.69) is 21.8 Å². The largest absolute Gasteiger partial charge is 0.312 e. The highest BCUT2D eigenvalue weighted by Crippen LogP contribution is 2.28. The summed E-state index contributed by atoms with van der Waals surface area (Å²) < 4.78 is 4.04. The van der Waals surface area contributed by atoms with Gasteiger partial charge in [-0.15, -0.1) is 5.10 Å². The molecule has 0 aliphatic rings. The molecule has 0 spiro atoms. The molecule has 6 heteroatoms. The molecule has 0 saturated heterocycles. The summed E-state index contributed by atoms with van der Waals surface area (Å²) >= 11 is 13.6. The van der Waals surface area contributed by atoms with Crippen LogP contribution >= 0.6 is 34.7 Å². The van der Waals surface area contributed by atoms with Crippen molar-refractivity contribution in [3.8, 4) is 0 Å². The van der Waals surface area contributed by atoms with Gasteiger partial charge in [0.2, 0.25) is 0 Å². The van der Waals surface area contributed by atoms with Crippen LogP contribution in [0.25, 0.3) is 0 Å². The van der Waals surface area contributed by atoms with Crippen LogP contribution in [0.5, 0.6) is 0 Å². The summed E-state index contributed by atoms with van der Waals surface area (Å²) in [7, 11) is 1.94. The zero-order valence-corrected chi connectivity index (χ0v) is 13.1. The van der Waals surface area contributed by atoms with Crippen molar-refractivity contribution in [2.24, 2.45) is 0 Å². The second kappa shape index (κ2) is 6.66. The summed E-state index contributed by atoms with van der Waals surface area (Å²) in [6, 6.07) is 5.78. The molecule has 0 radical (unpaired) electrons. The normalized spacial score (nSPS) is 12.6. The number of rotatable bonds is 5. The third kappa shape index (κ3) is 3.45. The summed E-state index contributed by atoms with van der Waals surface area (Å²) in [5, 5.41) is 8.82. The van der Waals surface area contributed by atoms with Gasteiger partial charge in [-0.25, -0.2) is 0 Å². The predicted molar refractivity (Wildman–Crippen MR) is 81.3 cm³/mol. The Kier molecular flexibility index (Phi) is 5.16. The second-order valence-corrected chi connectivity index (χ2v) is 5.85. The smallest absolute Gasteiger partial charge is 0.0801 e. The fourth-order valence-corrected chi connectivity index (χ4v) is 3.29. The van der Waals surface area contributed by atoms with E-state index in [0.717, 1.165) is 24.1 Å². The summed E-state index contributed by atoms with van der Waals surface area (Å²) in [6.45, 7) is 2.09. The molecule has 0 bridgehead atoms. The number of hydrogen-bond acceptors (Lipinski definition) is 4. The highest BCUT2D eigenvalue weighted by molar-refractivity contribution is 7.05. The second-order valence-electron chi connectivity index (χ2n) is 4.22. The van der Waals surface area contributed by atoms with Crippen LogP contribution in [0.2, 0.25) is 10.0 Å². The van der Waals surface area contributed by atoms with Crippen LogP contribution in [-0.2, 0) is 12.8 Å². The quantitative estimate of drug-likeness (QED) is 0.909. The number of aromatic nitrogens is 2. The van der Waals surface area contributed by atoms with Crippen molar-refractivity contribution in [2.75, 3.05) is 7.05 Å². The van der Waals surface area contributed by atoms with Crippen LogP contribution in [0.4, 0.5) is 0 Å². The van der Waals surface area contributed by atoms with Gasteiger partial charge in [-0.3, -0.25) is 0 Å². The number of benzene rings is 1. The van der Waals surface area contributed by atoms with Crippen LogP contribution in [0.1, 0.15) is 29.1 Å². The Balaban J connectivity index is 2.24. The average molecular weight is 316 g/mol. The lowest BCUT2D eigenvalue weighted by Gasteiger charge is -2.16. The zero-order chi connectivity index (χ0) is 13.8. The van der Waals surface area contributed by atoms with Gasteiger partial charge in [-0.2, -0.15) is 0 Å². The number of halogens is 2. The van der Waals surface area contributed by atoms with Crippen LogP contribution < -0.4 is 5.32 Å². The Bertz CT molecular complexity index is 557. The zero-order valence-electron chi connectivity index (χ0n) is 10.8. The molecular weight excluding hydrogens is 301 g/mol. The van der Waals surface area contributed by atoms with Crippen molar-refractivity contribution in [2.45, 2.75) is 25.8 Å². The molecule has 0 fully saturated rings. The molecule has 2 rings (SSSR count). The van der Waals surface area contributed by atoms with Gasteiger partial charge >= 0.3 is 0 Å². The van der Waals surface area contributed by atoms with E-state index in [1.165, 1.54) is 16.4 Å². The molecule has 1 atom stereocenters. The summed E-state index contributed by atoms with van der Waals surface area (Å²) in [5.74, 6) is 0. The SMILES string of the molecule is CCc1nnsc1C(Cc1ccc(Cl)cc1Cl)NC. The van der Waals surface area contributed by atoms with Crippen molar-refractivity contribution in [1.82, 2.24) is 14.9 Å². The van der Waals surface area contributed by atoms with E-state index in [0.29, 0.717) is 10.0 Å². The van der Waals surface area contributed by atoms with Gasteiger partial charge in [0.25, 0.3) is 0 Å². The van der Waals surface area contributed by atoms with E-state index in [4.69, 9.17) is 23.2 Å². The Morgan fingerprint density at radius 3 is 2.79 bits per heavy atom. The lowest BCUT2D eigenvalue weighted by molar-refractivity contribution is 0.595. The molecule has 0 amide bonds. The fraction of sp³-hybridized carbons (Fsp3) is 0.385. The van der Waals surface area contributed by atoms with Gasteiger partial charge in [0.15, 0.2) is 0 Å². The number of nitrogens with one attached hydrogen (secondary N) is 1. The highest BCUT2D eigenvalue weighted by atomic mass is 35.5. The van der Waals surface area contributed by atoms with Crippen molar-refractivity contribution in [1.29, 1.82) is 0 Å².